The molecule has 0 bridgehead atoms. The summed E-state index contributed by atoms with van der Waals surface area (Å²) in [5, 5.41) is 8.71. The molecule has 0 spiro atoms. The molecule has 4 heteroatoms. The van der Waals surface area contributed by atoms with E-state index in [1.54, 1.807) is 0 Å². The predicted octanol–water partition coefficient (Wildman–Crippen LogP) is 12.5. The van der Waals surface area contributed by atoms with E-state index < -0.39 is 15.8 Å². The number of benzene rings is 9. The van der Waals surface area contributed by atoms with Crippen molar-refractivity contribution in [1.29, 1.82) is 0 Å². The average molecular weight is 1280 g/mol. The second-order valence-electron chi connectivity index (χ2n) is 17.8. The fourth-order valence-electron chi connectivity index (χ4n) is 10.0. The third kappa shape index (κ3) is 9.82. The van der Waals surface area contributed by atoms with Gasteiger partial charge in [0, 0.05) is 10.8 Å². The van der Waals surface area contributed by atoms with Crippen LogP contribution in [0.2, 0.25) is 0 Å². The van der Waals surface area contributed by atoms with E-state index in [0.29, 0.717) is 0 Å². The molecule has 0 radical (unpaired) electrons. The Morgan fingerprint density at radius 2 is 0.574 bits per heavy atom. The van der Waals surface area contributed by atoms with Crippen LogP contribution >= 0.6 is 15.8 Å². The molecule has 0 aromatic heterocycles. The molecule has 338 valence electrons. The Balaban J connectivity index is 0.000000161. The summed E-state index contributed by atoms with van der Waals surface area (Å²) in [6.07, 6.45) is 14.9. The second kappa shape index (κ2) is 22.2. The molecular formula is C64H52Au2P2+2. The third-order valence-electron chi connectivity index (χ3n) is 13.2. The second-order valence-corrected chi connectivity index (χ2v) is 22.7. The van der Waals surface area contributed by atoms with Gasteiger partial charge in [0.25, 0.3) is 0 Å². The van der Waals surface area contributed by atoms with E-state index in [-0.39, 0.29) is 55.6 Å². The van der Waals surface area contributed by atoms with Crippen LogP contribution in [0, 0.1) is 24.7 Å². The molecule has 0 nitrogen and oxygen atoms in total. The van der Waals surface area contributed by atoms with Crippen molar-refractivity contribution >= 4 is 47.7 Å². The van der Waals surface area contributed by atoms with Gasteiger partial charge in [-0.2, -0.15) is 0 Å². The molecule has 0 N–H and O–H groups in total. The maximum absolute atomic E-state index is 7.43. The van der Waals surface area contributed by atoms with Crippen LogP contribution in [0.15, 0.2) is 231 Å². The summed E-state index contributed by atoms with van der Waals surface area (Å²) in [4.78, 5) is 0. The fraction of sp³-hybridized carbons (Fsp3) is 0.0938. The van der Waals surface area contributed by atoms with Crippen molar-refractivity contribution in [3.05, 3.63) is 277 Å². The molecule has 68 heavy (non-hydrogen) atoms. The van der Waals surface area contributed by atoms with Crippen LogP contribution in [-0.4, -0.2) is 0 Å². The van der Waals surface area contributed by atoms with Gasteiger partial charge in [-0.3, -0.25) is 11.8 Å². The number of hydrogen-bond donors (Lipinski definition) is 0. The van der Waals surface area contributed by atoms with Crippen molar-refractivity contribution in [3.8, 4) is 34.1 Å². The Morgan fingerprint density at radius 3 is 0.882 bits per heavy atom. The van der Waals surface area contributed by atoms with Crippen LogP contribution in [-0.2, 0) is 55.6 Å². The van der Waals surface area contributed by atoms with E-state index >= 15 is 0 Å². The van der Waals surface area contributed by atoms with E-state index in [0.717, 1.165) is 11.1 Å². The summed E-state index contributed by atoms with van der Waals surface area (Å²) in [5.41, 5.74) is 12.0. The Labute approximate surface area is 438 Å². The summed E-state index contributed by atoms with van der Waals surface area (Å²) in [7, 11) is -2.28. The molecule has 2 aliphatic rings. The SMILES string of the molecule is [Au+].[Au+].[C-]#Cc1cccc2c1-c1ccccc1C2(C)C.[C-]#Cc1cccc2c1-c1ccccc1C2(C)C.c1ccc([PH+](c2ccccc2)c2ccccc2[PH+](c2ccccc2)c2ccccc2)cc1. The standard InChI is InChI=1S/C30H24P2.2C17H13.2Au/c1-5-15-25(16-6-1)31(26-17-7-2-8-18-26)29-23-13-14-24-30(29)32(27-19-9-3-10-20-27)28-21-11-4-12-22-28;2*1-4-12-8-7-11-15-16(12)13-9-5-6-10-14(13)17(15,2)3;;/h1-24H;2*5-11H,2-3H3;;/q;2*-1;2*+1/p+2. The minimum atomic E-state index is -1.14. The Hall–Kier alpha value is -5.56. The van der Waals surface area contributed by atoms with E-state index in [1.807, 2.05) is 24.3 Å². The summed E-state index contributed by atoms with van der Waals surface area (Å²) in [6.45, 7) is 8.97. The summed E-state index contributed by atoms with van der Waals surface area (Å²) in [5.74, 6) is 5.11. The average Bonchev–Trinajstić information content (AvgIpc) is 3.76. The molecule has 0 aliphatic heterocycles. The van der Waals surface area contributed by atoms with Crippen molar-refractivity contribution in [2.75, 3.05) is 0 Å². The molecule has 9 aromatic carbocycles. The first-order valence-electron chi connectivity index (χ1n) is 22.6. The van der Waals surface area contributed by atoms with Crippen LogP contribution in [0.4, 0.5) is 0 Å². The maximum Gasteiger partial charge on any atom is 1.00 e. The zero-order valence-electron chi connectivity index (χ0n) is 38.5. The fourth-order valence-corrected chi connectivity index (χ4v) is 16.0. The van der Waals surface area contributed by atoms with Crippen molar-refractivity contribution < 1.29 is 44.8 Å². The topological polar surface area (TPSA) is 0 Å². The monoisotopic (exact) mass is 1280 g/mol. The molecule has 0 unspecified atom stereocenters. The molecule has 0 amide bonds. The van der Waals surface area contributed by atoms with Crippen molar-refractivity contribution in [2.45, 2.75) is 38.5 Å². The minimum Gasteiger partial charge on any atom is -0.366 e. The molecule has 0 atom stereocenters. The quantitative estimate of drug-likeness (QED) is 0.0674. The van der Waals surface area contributed by atoms with Gasteiger partial charge >= 0.3 is 44.8 Å². The van der Waals surface area contributed by atoms with Crippen molar-refractivity contribution in [1.82, 2.24) is 0 Å². The van der Waals surface area contributed by atoms with Gasteiger partial charge in [0.2, 0.25) is 0 Å². The molecular weight excluding hydrogens is 1220 g/mol. The number of rotatable bonds is 6. The van der Waals surface area contributed by atoms with Crippen LogP contribution in [0.5, 0.6) is 0 Å². The van der Waals surface area contributed by atoms with Gasteiger partial charge < -0.3 is 12.8 Å². The van der Waals surface area contributed by atoms with Gasteiger partial charge in [-0.1, -0.05) is 197 Å². The van der Waals surface area contributed by atoms with Crippen molar-refractivity contribution in [2.24, 2.45) is 0 Å². The van der Waals surface area contributed by atoms with Gasteiger partial charge in [-0.15, -0.1) is 23.3 Å². The van der Waals surface area contributed by atoms with Gasteiger partial charge in [0.1, 0.15) is 47.7 Å². The zero-order valence-corrected chi connectivity index (χ0v) is 44.9. The number of hydrogen-bond acceptors (Lipinski definition) is 0. The smallest absolute Gasteiger partial charge is 0.366 e. The van der Waals surface area contributed by atoms with E-state index in [2.05, 4.69) is 246 Å². The largest absolute Gasteiger partial charge is 1.00 e. The normalized spacial score (nSPS) is 12.6. The summed E-state index contributed by atoms with van der Waals surface area (Å²) < 4.78 is 0. The first-order chi connectivity index (χ1) is 32.2. The van der Waals surface area contributed by atoms with Gasteiger partial charge in [0.15, 0.2) is 0 Å². The molecule has 0 saturated carbocycles. The van der Waals surface area contributed by atoms with Crippen molar-refractivity contribution in [3.63, 3.8) is 0 Å². The van der Waals surface area contributed by atoms with E-state index in [9.17, 15) is 0 Å². The van der Waals surface area contributed by atoms with E-state index in [1.165, 1.54) is 76.3 Å². The van der Waals surface area contributed by atoms with E-state index in [4.69, 9.17) is 12.8 Å². The van der Waals surface area contributed by atoms with Gasteiger partial charge in [-0.05, 0) is 94.0 Å². The predicted molar refractivity (Wildman–Crippen MR) is 287 cm³/mol. The minimum absolute atomic E-state index is 0. The number of fused-ring (bicyclic) bond motifs is 6. The summed E-state index contributed by atoms with van der Waals surface area (Å²) >= 11 is 0. The van der Waals surface area contributed by atoms with Gasteiger partial charge in [-0.25, -0.2) is 0 Å². The van der Waals surface area contributed by atoms with Gasteiger partial charge in [0.05, 0.1) is 0 Å². The van der Waals surface area contributed by atoms with Crippen LogP contribution in [0.1, 0.15) is 61.1 Å². The molecule has 0 heterocycles. The molecule has 2 aliphatic carbocycles. The molecule has 9 aromatic rings. The van der Waals surface area contributed by atoms with Crippen LogP contribution in [0.3, 0.4) is 0 Å². The van der Waals surface area contributed by atoms with Crippen LogP contribution in [0.25, 0.3) is 22.3 Å². The Bertz CT molecular complexity index is 2920. The first-order valence-corrected chi connectivity index (χ1v) is 25.6. The molecule has 0 saturated heterocycles. The first kappa shape index (κ1) is 50.3. The summed E-state index contributed by atoms with van der Waals surface area (Å²) in [6, 6.07) is 82.6. The zero-order chi connectivity index (χ0) is 45.7. The molecule has 11 rings (SSSR count). The molecule has 0 fully saturated rings. The van der Waals surface area contributed by atoms with Crippen LogP contribution < -0.4 is 31.8 Å². The Kier molecular flexibility index (Phi) is 16.5. The maximum atomic E-state index is 7.43. The Morgan fingerprint density at radius 1 is 0.309 bits per heavy atom. The third-order valence-corrected chi connectivity index (χ3v) is 19.0.